The summed E-state index contributed by atoms with van der Waals surface area (Å²) in [6.07, 6.45) is 6.52. The van der Waals surface area contributed by atoms with Gasteiger partial charge in [0.2, 0.25) is 0 Å². The number of esters is 1. The molecule has 5 heteroatoms. The average Bonchev–Trinajstić information content (AvgIpc) is 2.67. The quantitative estimate of drug-likeness (QED) is 0.614. The van der Waals surface area contributed by atoms with Gasteiger partial charge < -0.3 is 14.9 Å². The Hall–Kier alpha value is -2.56. The van der Waals surface area contributed by atoms with Crippen LogP contribution >= 0.6 is 0 Å². The van der Waals surface area contributed by atoms with Gasteiger partial charge in [-0.05, 0) is 62.3 Å². The van der Waals surface area contributed by atoms with Crippen molar-refractivity contribution in [2.24, 2.45) is 23.2 Å². The minimum Gasteiger partial charge on any atom is -0.507 e. The van der Waals surface area contributed by atoms with Gasteiger partial charge in [0, 0.05) is 16.2 Å². The zero-order valence-corrected chi connectivity index (χ0v) is 15.7. The summed E-state index contributed by atoms with van der Waals surface area (Å²) >= 11 is 0. The number of hydrogen-bond donors (Lipinski definition) is 2. The molecule has 0 heterocycles. The molecule has 0 aliphatic heterocycles. The molecule has 0 saturated heterocycles. The summed E-state index contributed by atoms with van der Waals surface area (Å²) < 4.78 is 5.30. The van der Waals surface area contributed by atoms with Crippen LogP contribution in [0.15, 0.2) is 30.3 Å². The Bertz CT molecular complexity index is 941. The Balaban J connectivity index is 1.34. The fraction of sp³-hybridized carbons (Fsp3) is 0.478. The Morgan fingerprint density at radius 1 is 0.964 bits per heavy atom. The molecule has 2 aromatic carbocycles. The molecular weight excluding hydrogens is 356 g/mol. The van der Waals surface area contributed by atoms with E-state index in [4.69, 9.17) is 4.74 Å². The number of ketones is 1. The smallest absolute Gasteiger partial charge is 0.342 e. The van der Waals surface area contributed by atoms with Gasteiger partial charge in [-0.15, -0.1) is 0 Å². The van der Waals surface area contributed by atoms with Gasteiger partial charge in [0.25, 0.3) is 0 Å². The summed E-state index contributed by atoms with van der Waals surface area (Å²) in [5.74, 6) is 0.835. The first kappa shape index (κ1) is 17.5. The third kappa shape index (κ3) is 2.67. The van der Waals surface area contributed by atoms with E-state index in [0.717, 1.165) is 19.3 Å². The second-order valence-electron chi connectivity index (χ2n) is 9.03. The first-order chi connectivity index (χ1) is 13.4. The molecule has 0 atom stereocenters. The highest BCUT2D eigenvalue weighted by atomic mass is 16.5. The van der Waals surface area contributed by atoms with Crippen LogP contribution < -0.4 is 0 Å². The Labute approximate surface area is 163 Å². The third-order valence-corrected chi connectivity index (χ3v) is 7.18. The molecule has 6 rings (SSSR count). The van der Waals surface area contributed by atoms with Crippen LogP contribution in [0.25, 0.3) is 10.8 Å². The molecule has 4 bridgehead atoms. The summed E-state index contributed by atoms with van der Waals surface area (Å²) in [5, 5.41) is 21.4. The van der Waals surface area contributed by atoms with Crippen molar-refractivity contribution in [3.8, 4) is 11.5 Å². The van der Waals surface area contributed by atoms with Crippen molar-refractivity contribution in [1.82, 2.24) is 0 Å². The molecule has 4 saturated carbocycles. The van der Waals surface area contributed by atoms with Crippen LogP contribution in [-0.4, -0.2) is 28.6 Å². The number of rotatable bonds is 4. The highest BCUT2D eigenvalue weighted by molar-refractivity contribution is 6.04. The van der Waals surface area contributed by atoms with Crippen molar-refractivity contribution in [1.29, 1.82) is 0 Å². The standard InChI is InChI=1S/C23H24O5/c24-19-8-18(21(26)17-4-2-1-3-16(17)19)22(27)28-12-20(25)23-9-13-5-14(10-23)7-15(6-13)11-23/h1-4,8,13-15,24,26H,5-7,9-12H2. The third-order valence-electron chi connectivity index (χ3n) is 7.18. The largest absolute Gasteiger partial charge is 0.507 e. The van der Waals surface area contributed by atoms with E-state index >= 15 is 0 Å². The Morgan fingerprint density at radius 3 is 2.14 bits per heavy atom. The zero-order chi connectivity index (χ0) is 19.5. The van der Waals surface area contributed by atoms with Crippen molar-refractivity contribution in [2.45, 2.75) is 38.5 Å². The van der Waals surface area contributed by atoms with Crippen LogP contribution in [0.2, 0.25) is 0 Å². The molecule has 0 spiro atoms. The first-order valence-electron chi connectivity index (χ1n) is 10.1. The van der Waals surface area contributed by atoms with E-state index < -0.39 is 5.97 Å². The minimum atomic E-state index is -0.781. The van der Waals surface area contributed by atoms with Crippen LogP contribution in [0.5, 0.6) is 11.5 Å². The summed E-state index contributed by atoms with van der Waals surface area (Å²) in [6, 6.07) is 7.95. The number of phenols is 2. The summed E-state index contributed by atoms with van der Waals surface area (Å²) in [6.45, 7) is -0.266. The number of carbonyl (C=O) groups is 2. The van der Waals surface area contributed by atoms with E-state index in [2.05, 4.69) is 0 Å². The lowest BCUT2D eigenvalue weighted by Gasteiger charge is -2.55. The van der Waals surface area contributed by atoms with Gasteiger partial charge in [-0.2, -0.15) is 0 Å². The SMILES string of the molecule is O=C(OCC(=O)C12CC3CC(CC(C3)C1)C2)c1cc(O)c2ccccc2c1O. The predicted molar refractivity (Wildman–Crippen MR) is 103 cm³/mol. The molecule has 5 nitrogen and oxygen atoms in total. The van der Waals surface area contributed by atoms with Crippen molar-refractivity contribution in [2.75, 3.05) is 6.61 Å². The second-order valence-corrected chi connectivity index (χ2v) is 9.03. The topological polar surface area (TPSA) is 83.8 Å². The van der Waals surface area contributed by atoms with E-state index in [1.807, 2.05) is 0 Å². The molecule has 2 N–H and O–H groups in total. The van der Waals surface area contributed by atoms with Crippen molar-refractivity contribution in [3.05, 3.63) is 35.9 Å². The molecule has 2 aromatic rings. The van der Waals surface area contributed by atoms with Crippen molar-refractivity contribution in [3.63, 3.8) is 0 Å². The van der Waals surface area contributed by atoms with Crippen LogP contribution in [0, 0.1) is 23.2 Å². The summed E-state index contributed by atoms with van der Waals surface area (Å²) in [5.41, 5.74) is -0.433. The number of benzene rings is 2. The van der Waals surface area contributed by atoms with Gasteiger partial charge >= 0.3 is 5.97 Å². The van der Waals surface area contributed by atoms with Gasteiger partial charge in [0.15, 0.2) is 12.4 Å². The number of hydrogen-bond acceptors (Lipinski definition) is 5. The maximum Gasteiger partial charge on any atom is 0.342 e. The van der Waals surface area contributed by atoms with Crippen molar-refractivity contribution < 1.29 is 24.5 Å². The Kier molecular flexibility index (Phi) is 3.90. The van der Waals surface area contributed by atoms with Crippen LogP contribution in [0.1, 0.15) is 48.9 Å². The molecule has 0 radical (unpaired) electrons. The van der Waals surface area contributed by atoms with E-state index in [1.54, 1.807) is 24.3 Å². The molecule has 4 aliphatic rings. The lowest BCUT2D eigenvalue weighted by molar-refractivity contribution is -0.147. The van der Waals surface area contributed by atoms with E-state index in [-0.39, 0.29) is 34.9 Å². The van der Waals surface area contributed by atoms with Crippen molar-refractivity contribution >= 4 is 22.5 Å². The predicted octanol–water partition coefficient (Wildman–Crippen LogP) is 4.19. The Morgan fingerprint density at radius 2 is 1.54 bits per heavy atom. The average molecular weight is 380 g/mol. The van der Waals surface area contributed by atoms with Gasteiger partial charge in [-0.3, -0.25) is 4.79 Å². The molecule has 28 heavy (non-hydrogen) atoms. The van der Waals surface area contributed by atoms with Gasteiger partial charge in [-0.1, -0.05) is 24.3 Å². The lowest BCUT2D eigenvalue weighted by Crippen LogP contribution is -2.51. The highest BCUT2D eigenvalue weighted by Crippen LogP contribution is 2.60. The number of aromatic hydroxyl groups is 2. The molecule has 0 amide bonds. The normalized spacial score (nSPS) is 30.5. The lowest BCUT2D eigenvalue weighted by atomic mass is 9.48. The first-order valence-corrected chi connectivity index (χ1v) is 10.1. The second kappa shape index (κ2) is 6.23. The van der Waals surface area contributed by atoms with Gasteiger partial charge in [0.1, 0.15) is 17.1 Å². The molecule has 0 aromatic heterocycles. The molecule has 0 unspecified atom stereocenters. The van der Waals surface area contributed by atoms with E-state index in [9.17, 15) is 19.8 Å². The van der Waals surface area contributed by atoms with E-state index in [0.29, 0.717) is 28.5 Å². The zero-order valence-electron chi connectivity index (χ0n) is 15.7. The number of carbonyl (C=O) groups excluding carboxylic acids is 2. The monoisotopic (exact) mass is 380 g/mol. The molecule has 4 aliphatic carbocycles. The van der Waals surface area contributed by atoms with Crippen LogP contribution in [0.3, 0.4) is 0 Å². The number of phenolic OH excluding ortho intramolecular Hbond substituents is 2. The van der Waals surface area contributed by atoms with Crippen LogP contribution in [0.4, 0.5) is 0 Å². The maximum absolute atomic E-state index is 13.0. The highest BCUT2D eigenvalue weighted by Gasteiger charge is 2.54. The van der Waals surface area contributed by atoms with Gasteiger partial charge in [0.05, 0.1) is 0 Å². The fourth-order valence-corrected chi connectivity index (χ4v) is 6.31. The van der Waals surface area contributed by atoms with Gasteiger partial charge in [-0.25, -0.2) is 4.79 Å². The maximum atomic E-state index is 13.0. The number of ether oxygens (including phenoxy) is 1. The number of fused-ring (bicyclic) bond motifs is 1. The van der Waals surface area contributed by atoms with E-state index in [1.165, 1.54) is 25.3 Å². The molecule has 146 valence electrons. The molecular formula is C23H24O5. The molecule has 4 fully saturated rings. The summed E-state index contributed by atoms with van der Waals surface area (Å²) in [7, 11) is 0. The van der Waals surface area contributed by atoms with Crippen LogP contribution in [-0.2, 0) is 9.53 Å². The fourth-order valence-electron chi connectivity index (χ4n) is 6.31. The minimum absolute atomic E-state index is 0.0180. The summed E-state index contributed by atoms with van der Waals surface area (Å²) in [4.78, 5) is 25.6. The number of Topliss-reactive ketones (excluding diaryl/α,β-unsaturated/α-hetero) is 1.